The second-order valence-corrected chi connectivity index (χ2v) is 7.92. The Morgan fingerprint density at radius 2 is 2.21 bits per heavy atom. The number of nitrogens with zero attached hydrogens (tertiary/aromatic N) is 1. The maximum Gasteiger partial charge on any atom is 0.289 e. The van der Waals surface area contributed by atoms with E-state index >= 15 is 0 Å². The van der Waals surface area contributed by atoms with E-state index in [2.05, 4.69) is 15.9 Å². The molecule has 1 aromatic rings. The summed E-state index contributed by atoms with van der Waals surface area (Å²) < 4.78 is 27.6. The van der Waals surface area contributed by atoms with E-state index in [4.69, 9.17) is 15.1 Å². The van der Waals surface area contributed by atoms with Gasteiger partial charge in [-0.05, 0) is 34.7 Å². The van der Waals surface area contributed by atoms with Crippen LogP contribution in [0.5, 0.6) is 0 Å². The molecule has 1 aliphatic rings. The molecule has 1 aromatic heterocycles. The number of hydrogen-bond donors (Lipinski definition) is 0. The average Bonchev–Trinajstić information content (AvgIpc) is 2.64. The summed E-state index contributed by atoms with van der Waals surface area (Å²) in [6.45, 7) is 0.653. The second-order valence-electron chi connectivity index (χ2n) is 4.67. The number of carbonyl (C=O) groups is 1. The van der Waals surface area contributed by atoms with E-state index in [1.807, 2.05) is 0 Å². The van der Waals surface area contributed by atoms with Crippen molar-refractivity contribution in [1.82, 2.24) is 4.90 Å². The molecular weight excluding hydrogens is 358 g/mol. The van der Waals surface area contributed by atoms with E-state index in [0.29, 0.717) is 12.5 Å². The fourth-order valence-electron chi connectivity index (χ4n) is 1.96. The van der Waals surface area contributed by atoms with Crippen LogP contribution in [0.2, 0.25) is 0 Å². The van der Waals surface area contributed by atoms with Gasteiger partial charge in [-0.1, -0.05) is 6.42 Å². The van der Waals surface area contributed by atoms with Crippen LogP contribution in [0.15, 0.2) is 20.0 Å². The Labute approximate surface area is 124 Å². The van der Waals surface area contributed by atoms with Gasteiger partial charge in [-0.25, -0.2) is 8.42 Å². The first-order valence-electron chi connectivity index (χ1n) is 5.78. The smallest absolute Gasteiger partial charge is 0.289 e. The van der Waals surface area contributed by atoms with E-state index in [1.165, 1.54) is 6.42 Å². The van der Waals surface area contributed by atoms with E-state index < -0.39 is 9.05 Å². The molecule has 0 aromatic carbocycles. The summed E-state index contributed by atoms with van der Waals surface area (Å²) in [6.07, 6.45) is 3.45. The van der Waals surface area contributed by atoms with Gasteiger partial charge in [0.15, 0.2) is 10.4 Å². The standard InChI is InChI=1S/C11H13BrClNO4S/c1-14(6-7-3-2-4-7)11(15)8-5-9(10(12)18-8)19(13,16)17/h5,7H,2-4,6H2,1H3. The van der Waals surface area contributed by atoms with Gasteiger partial charge >= 0.3 is 0 Å². The first-order valence-corrected chi connectivity index (χ1v) is 8.88. The molecule has 1 saturated carbocycles. The number of carbonyl (C=O) groups excluding carboxylic acids is 1. The number of furan rings is 1. The first kappa shape index (κ1) is 14.9. The molecule has 0 N–H and O–H groups in total. The first-order chi connectivity index (χ1) is 8.79. The highest BCUT2D eigenvalue weighted by atomic mass is 79.9. The number of halogens is 2. The Hall–Kier alpha value is -0.530. The third kappa shape index (κ3) is 3.32. The summed E-state index contributed by atoms with van der Waals surface area (Å²) in [6, 6.07) is 1.14. The molecule has 0 saturated heterocycles. The molecule has 1 fully saturated rings. The van der Waals surface area contributed by atoms with Gasteiger partial charge in [0, 0.05) is 30.3 Å². The average molecular weight is 371 g/mol. The van der Waals surface area contributed by atoms with Gasteiger partial charge in [-0.15, -0.1) is 0 Å². The lowest BCUT2D eigenvalue weighted by Gasteiger charge is -2.29. The molecule has 0 unspecified atom stereocenters. The van der Waals surface area contributed by atoms with Gasteiger partial charge in [-0.3, -0.25) is 4.79 Å². The van der Waals surface area contributed by atoms with Crippen molar-refractivity contribution in [2.45, 2.75) is 24.2 Å². The molecule has 1 heterocycles. The van der Waals surface area contributed by atoms with Crippen LogP contribution in [0.25, 0.3) is 0 Å². The molecule has 19 heavy (non-hydrogen) atoms. The van der Waals surface area contributed by atoms with E-state index in [-0.39, 0.29) is 21.2 Å². The van der Waals surface area contributed by atoms with Crippen molar-refractivity contribution >= 4 is 41.6 Å². The van der Waals surface area contributed by atoms with Crippen LogP contribution in [-0.2, 0) is 9.05 Å². The minimum absolute atomic E-state index is 0.0343. The van der Waals surface area contributed by atoms with Crippen LogP contribution in [-0.4, -0.2) is 32.8 Å². The third-order valence-corrected chi connectivity index (χ3v) is 5.41. The lowest BCUT2D eigenvalue weighted by atomic mass is 9.85. The van der Waals surface area contributed by atoms with Crippen molar-refractivity contribution < 1.29 is 17.6 Å². The zero-order valence-corrected chi connectivity index (χ0v) is 13.4. The predicted octanol–water partition coefficient (Wildman–Crippen LogP) is 2.84. The summed E-state index contributed by atoms with van der Waals surface area (Å²) in [7, 11) is 2.98. The lowest BCUT2D eigenvalue weighted by molar-refractivity contribution is 0.0712. The van der Waals surface area contributed by atoms with Crippen LogP contribution >= 0.6 is 26.6 Å². The minimum atomic E-state index is -3.93. The quantitative estimate of drug-likeness (QED) is 0.764. The Bertz CT molecular complexity index is 594. The highest BCUT2D eigenvalue weighted by Crippen LogP contribution is 2.30. The molecule has 0 radical (unpaired) electrons. The zero-order valence-electron chi connectivity index (χ0n) is 10.2. The van der Waals surface area contributed by atoms with Gasteiger partial charge in [0.25, 0.3) is 15.0 Å². The normalized spacial score (nSPS) is 16.2. The molecule has 1 aliphatic carbocycles. The van der Waals surface area contributed by atoms with Crippen molar-refractivity contribution in [2.24, 2.45) is 5.92 Å². The monoisotopic (exact) mass is 369 g/mol. The Balaban J connectivity index is 2.15. The molecule has 5 nitrogen and oxygen atoms in total. The van der Waals surface area contributed by atoms with Crippen LogP contribution in [0.4, 0.5) is 0 Å². The van der Waals surface area contributed by atoms with E-state index in [9.17, 15) is 13.2 Å². The van der Waals surface area contributed by atoms with Crippen molar-refractivity contribution in [3.63, 3.8) is 0 Å². The largest absolute Gasteiger partial charge is 0.443 e. The van der Waals surface area contributed by atoms with Crippen LogP contribution in [0.1, 0.15) is 29.8 Å². The van der Waals surface area contributed by atoms with Crippen LogP contribution in [0, 0.1) is 5.92 Å². The summed E-state index contributed by atoms with van der Waals surface area (Å²) >= 11 is 2.95. The zero-order chi connectivity index (χ0) is 14.2. The van der Waals surface area contributed by atoms with Gasteiger partial charge in [0.2, 0.25) is 0 Å². The van der Waals surface area contributed by atoms with Crippen molar-refractivity contribution in [3.05, 3.63) is 16.5 Å². The number of hydrogen-bond acceptors (Lipinski definition) is 4. The topological polar surface area (TPSA) is 67.6 Å². The van der Waals surface area contributed by atoms with E-state index in [0.717, 1.165) is 18.9 Å². The minimum Gasteiger partial charge on any atom is -0.443 e. The van der Waals surface area contributed by atoms with Crippen molar-refractivity contribution in [1.29, 1.82) is 0 Å². The van der Waals surface area contributed by atoms with Gasteiger partial charge in [0.1, 0.15) is 4.90 Å². The van der Waals surface area contributed by atoms with Gasteiger partial charge in [-0.2, -0.15) is 0 Å². The predicted molar refractivity (Wildman–Crippen MR) is 73.7 cm³/mol. The lowest BCUT2D eigenvalue weighted by Crippen LogP contribution is -2.34. The Morgan fingerprint density at radius 1 is 1.58 bits per heavy atom. The SMILES string of the molecule is CN(CC1CCC1)C(=O)c1cc(S(=O)(=O)Cl)c(Br)o1. The summed E-state index contributed by atoms with van der Waals surface area (Å²) in [5.74, 6) is 0.149. The van der Waals surface area contributed by atoms with Gasteiger partial charge < -0.3 is 9.32 Å². The molecule has 8 heteroatoms. The molecule has 0 spiro atoms. The fraction of sp³-hybridized carbons (Fsp3) is 0.545. The molecule has 106 valence electrons. The molecule has 0 aliphatic heterocycles. The van der Waals surface area contributed by atoms with Crippen molar-refractivity contribution in [3.8, 4) is 0 Å². The molecule has 1 amide bonds. The highest BCUT2D eigenvalue weighted by molar-refractivity contribution is 9.10. The highest BCUT2D eigenvalue weighted by Gasteiger charge is 2.27. The fourth-order valence-corrected chi connectivity index (χ4v) is 3.99. The Kier molecular flexibility index (Phi) is 4.27. The molecule has 2 rings (SSSR count). The molecule has 0 atom stereocenters. The van der Waals surface area contributed by atoms with Crippen LogP contribution < -0.4 is 0 Å². The maximum atomic E-state index is 12.1. The second kappa shape index (κ2) is 5.46. The maximum absolute atomic E-state index is 12.1. The third-order valence-electron chi connectivity index (χ3n) is 3.23. The summed E-state index contributed by atoms with van der Waals surface area (Å²) in [4.78, 5) is 13.4. The number of amides is 1. The van der Waals surface area contributed by atoms with Crippen molar-refractivity contribution in [2.75, 3.05) is 13.6 Å². The Morgan fingerprint density at radius 3 is 2.63 bits per heavy atom. The number of rotatable bonds is 4. The van der Waals surface area contributed by atoms with Crippen LogP contribution in [0.3, 0.4) is 0 Å². The molecular formula is C11H13BrClNO4S. The van der Waals surface area contributed by atoms with E-state index in [1.54, 1.807) is 11.9 Å². The van der Waals surface area contributed by atoms with Gasteiger partial charge in [0.05, 0.1) is 0 Å². The summed E-state index contributed by atoms with van der Waals surface area (Å²) in [5.41, 5.74) is 0. The molecule has 0 bridgehead atoms. The summed E-state index contributed by atoms with van der Waals surface area (Å²) in [5, 5.41) is 0.